The number of amides is 1. The number of fused-ring (bicyclic) bond motifs is 1. The molecule has 1 heterocycles. The van der Waals surface area contributed by atoms with E-state index in [-0.39, 0.29) is 11.9 Å². The van der Waals surface area contributed by atoms with Gasteiger partial charge >= 0.3 is 0 Å². The SMILES string of the molecule is COc1cc(CC(=O)N[C@@H](C)c2nc3ccccc3[nH]2)ccc1C. The first-order valence-electron chi connectivity index (χ1n) is 7.94. The molecule has 0 unspecified atom stereocenters. The number of benzene rings is 2. The van der Waals surface area contributed by atoms with Crippen LogP contribution in [-0.4, -0.2) is 23.0 Å². The van der Waals surface area contributed by atoms with Crippen molar-refractivity contribution >= 4 is 16.9 Å². The van der Waals surface area contributed by atoms with Gasteiger partial charge in [0.2, 0.25) is 5.91 Å². The first-order valence-corrected chi connectivity index (χ1v) is 7.94. The van der Waals surface area contributed by atoms with E-state index in [9.17, 15) is 4.79 Å². The van der Waals surface area contributed by atoms with Crippen LogP contribution in [0.15, 0.2) is 42.5 Å². The zero-order valence-corrected chi connectivity index (χ0v) is 14.1. The number of ether oxygens (including phenoxy) is 1. The highest BCUT2D eigenvalue weighted by Gasteiger charge is 2.14. The first-order chi connectivity index (χ1) is 11.6. The highest BCUT2D eigenvalue weighted by atomic mass is 16.5. The molecule has 24 heavy (non-hydrogen) atoms. The van der Waals surface area contributed by atoms with Crippen LogP contribution in [0.3, 0.4) is 0 Å². The Morgan fingerprint density at radius 1 is 1.29 bits per heavy atom. The Kier molecular flexibility index (Phi) is 4.51. The van der Waals surface area contributed by atoms with Gasteiger partial charge in [-0.3, -0.25) is 4.79 Å². The molecular formula is C19H21N3O2. The summed E-state index contributed by atoms with van der Waals surface area (Å²) in [4.78, 5) is 20.1. The highest BCUT2D eigenvalue weighted by Crippen LogP contribution is 2.20. The second-order valence-electron chi connectivity index (χ2n) is 5.91. The maximum absolute atomic E-state index is 12.3. The van der Waals surface area contributed by atoms with E-state index in [1.54, 1.807) is 7.11 Å². The molecule has 0 bridgehead atoms. The molecule has 1 aromatic heterocycles. The number of aromatic nitrogens is 2. The summed E-state index contributed by atoms with van der Waals surface area (Å²) in [6.07, 6.45) is 0.307. The number of hydrogen-bond donors (Lipinski definition) is 2. The van der Waals surface area contributed by atoms with E-state index in [0.29, 0.717) is 6.42 Å². The number of hydrogen-bond acceptors (Lipinski definition) is 3. The van der Waals surface area contributed by atoms with Crippen LogP contribution in [-0.2, 0) is 11.2 Å². The third-order valence-corrected chi connectivity index (χ3v) is 4.03. The molecule has 2 N–H and O–H groups in total. The largest absolute Gasteiger partial charge is 0.496 e. The molecule has 3 rings (SSSR count). The molecule has 0 fully saturated rings. The highest BCUT2D eigenvalue weighted by molar-refractivity contribution is 5.79. The van der Waals surface area contributed by atoms with E-state index in [1.165, 1.54) is 0 Å². The van der Waals surface area contributed by atoms with Gasteiger partial charge in [-0.1, -0.05) is 24.3 Å². The maximum Gasteiger partial charge on any atom is 0.224 e. The zero-order chi connectivity index (χ0) is 17.1. The molecule has 0 radical (unpaired) electrons. The Labute approximate surface area is 141 Å². The minimum Gasteiger partial charge on any atom is -0.496 e. The minimum absolute atomic E-state index is 0.0473. The molecule has 0 saturated carbocycles. The van der Waals surface area contributed by atoms with Crippen molar-refractivity contribution in [3.63, 3.8) is 0 Å². The monoisotopic (exact) mass is 323 g/mol. The Morgan fingerprint density at radius 2 is 2.08 bits per heavy atom. The van der Waals surface area contributed by atoms with Crippen LogP contribution < -0.4 is 10.1 Å². The van der Waals surface area contributed by atoms with Crippen molar-refractivity contribution in [2.24, 2.45) is 0 Å². The predicted molar refractivity (Wildman–Crippen MR) is 94.1 cm³/mol. The van der Waals surface area contributed by atoms with Gasteiger partial charge in [0, 0.05) is 0 Å². The van der Waals surface area contributed by atoms with E-state index in [4.69, 9.17) is 4.74 Å². The molecule has 1 atom stereocenters. The summed E-state index contributed by atoms with van der Waals surface area (Å²) in [6, 6.07) is 13.5. The van der Waals surface area contributed by atoms with E-state index in [1.807, 2.05) is 56.3 Å². The topological polar surface area (TPSA) is 67.0 Å². The second kappa shape index (κ2) is 6.74. The van der Waals surface area contributed by atoms with Gasteiger partial charge in [0.15, 0.2) is 0 Å². The number of rotatable bonds is 5. The standard InChI is InChI=1S/C19H21N3O2/c1-12-8-9-14(10-17(12)24-3)11-18(23)20-13(2)19-21-15-6-4-5-7-16(15)22-19/h4-10,13H,11H2,1-3H3,(H,20,23)(H,21,22)/t13-/m0/s1. The molecular weight excluding hydrogens is 302 g/mol. The van der Waals surface area contributed by atoms with Crippen molar-refractivity contribution in [1.82, 2.24) is 15.3 Å². The van der Waals surface area contributed by atoms with Crippen LogP contribution in [0, 0.1) is 6.92 Å². The molecule has 3 aromatic rings. The molecule has 0 spiro atoms. The van der Waals surface area contributed by atoms with Crippen molar-refractivity contribution < 1.29 is 9.53 Å². The van der Waals surface area contributed by atoms with Crippen LogP contribution in [0.25, 0.3) is 11.0 Å². The number of H-pyrrole nitrogens is 1. The van der Waals surface area contributed by atoms with Crippen LogP contribution in [0.5, 0.6) is 5.75 Å². The maximum atomic E-state index is 12.3. The quantitative estimate of drug-likeness (QED) is 0.757. The summed E-state index contributed by atoms with van der Waals surface area (Å²) < 4.78 is 5.30. The van der Waals surface area contributed by atoms with Crippen molar-refractivity contribution in [1.29, 1.82) is 0 Å². The third-order valence-electron chi connectivity index (χ3n) is 4.03. The molecule has 0 aliphatic rings. The Bertz CT molecular complexity index is 837. The van der Waals surface area contributed by atoms with Crippen LogP contribution in [0.1, 0.15) is 29.9 Å². The summed E-state index contributed by atoms with van der Waals surface area (Å²) >= 11 is 0. The average Bonchev–Trinajstić information content (AvgIpc) is 3.00. The van der Waals surface area contributed by atoms with Gasteiger partial charge < -0.3 is 15.0 Å². The number of carbonyl (C=O) groups is 1. The summed E-state index contributed by atoms with van der Waals surface area (Å²) in [7, 11) is 1.63. The molecule has 124 valence electrons. The minimum atomic E-state index is -0.183. The molecule has 0 aliphatic carbocycles. The molecule has 2 aromatic carbocycles. The molecule has 5 nitrogen and oxygen atoms in total. The van der Waals surface area contributed by atoms with Gasteiger partial charge in [-0.05, 0) is 43.2 Å². The molecule has 1 amide bonds. The van der Waals surface area contributed by atoms with Crippen molar-refractivity contribution in [3.05, 3.63) is 59.4 Å². The summed E-state index contributed by atoms with van der Waals surface area (Å²) in [5.74, 6) is 1.51. The Morgan fingerprint density at radius 3 is 2.83 bits per heavy atom. The summed E-state index contributed by atoms with van der Waals surface area (Å²) in [5.41, 5.74) is 3.85. The van der Waals surface area contributed by atoms with Gasteiger partial charge in [0.1, 0.15) is 11.6 Å². The number of imidazole rings is 1. The predicted octanol–water partition coefficient (Wildman–Crippen LogP) is 3.30. The second-order valence-corrected chi connectivity index (χ2v) is 5.91. The fraction of sp³-hybridized carbons (Fsp3) is 0.263. The summed E-state index contributed by atoms with van der Waals surface area (Å²) in [6.45, 7) is 3.90. The Hall–Kier alpha value is -2.82. The molecule has 5 heteroatoms. The van der Waals surface area contributed by atoms with E-state index < -0.39 is 0 Å². The van der Waals surface area contributed by atoms with Crippen molar-refractivity contribution in [2.45, 2.75) is 26.3 Å². The fourth-order valence-electron chi connectivity index (χ4n) is 2.70. The number of methoxy groups -OCH3 is 1. The fourth-order valence-corrected chi connectivity index (χ4v) is 2.70. The third kappa shape index (κ3) is 3.40. The van der Waals surface area contributed by atoms with Crippen LogP contribution >= 0.6 is 0 Å². The van der Waals surface area contributed by atoms with Gasteiger partial charge in [0.05, 0.1) is 30.6 Å². The number of carbonyl (C=O) groups excluding carboxylic acids is 1. The lowest BCUT2D eigenvalue weighted by molar-refractivity contribution is -0.121. The zero-order valence-electron chi connectivity index (χ0n) is 14.1. The van der Waals surface area contributed by atoms with E-state index >= 15 is 0 Å². The van der Waals surface area contributed by atoms with Crippen LogP contribution in [0.2, 0.25) is 0 Å². The lowest BCUT2D eigenvalue weighted by Gasteiger charge is -2.12. The lowest BCUT2D eigenvalue weighted by Crippen LogP contribution is -2.28. The van der Waals surface area contributed by atoms with Crippen LogP contribution in [0.4, 0.5) is 0 Å². The first kappa shape index (κ1) is 16.1. The van der Waals surface area contributed by atoms with Gasteiger partial charge in [0.25, 0.3) is 0 Å². The van der Waals surface area contributed by atoms with Gasteiger partial charge in [-0.2, -0.15) is 0 Å². The van der Waals surface area contributed by atoms with Gasteiger partial charge in [-0.15, -0.1) is 0 Å². The number of para-hydroxylation sites is 2. The van der Waals surface area contributed by atoms with Crippen molar-refractivity contribution in [3.8, 4) is 5.75 Å². The normalized spacial score (nSPS) is 12.1. The average molecular weight is 323 g/mol. The number of aromatic amines is 1. The Balaban J connectivity index is 1.67. The van der Waals surface area contributed by atoms with Gasteiger partial charge in [-0.25, -0.2) is 4.98 Å². The lowest BCUT2D eigenvalue weighted by atomic mass is 10.1. The van der Waals surface area contributed by atoms with E-state index in [0.717, 1.165) is 33.7 Å². The number of nitrogens with zero attached hydrogens (tertiary/aromatic N) is 1. The molecule has 0 aliphatic heterocycles. The number of nitrogens with one attached hydrogen (secondary N) is 2. The smallest absolute Gasteiger partial charge is 0.224 e. The number of aryl methyl sites for hydroxylation is 1. The molecule has 0 saturated heterocycles. The van der Waals surface area contributed by atoms with Crippen molar-refractivity contribution in [2.75, 3.05) is 7.11 Å². The summed E-state index contributed by atoms with van der Waals surface area (Å²) in [5, 5.41) is 2.98. The van der Waals surface area contributed by atoms with E-state index in [2.05, 4.69) is 15.3 Å².